The second-order valence-corrected chi connectivity index (χ2v) is 6.39. The minimum Gasteiger partial charge on any atom is -0.362 e. The Labute approximate surface area is 117 Å². The minimum atomic E-state index is -0.373. The number of anilines is 1. The summed E-state index contributed by atoms with van der Waals surface area (Å²) in [5.74, 6) is 1.54. The Balaban J connectivity index is 2.07. The van der Waals surface area contributed by atoms with Crippen molar-refractivity contribution in [3.8, 4) is 0 Å². The van der Waals surface area contributed by atoms with E-state index in [1.807, 2.05) is 18.7 Å². The highest BCUT2D eigenvalue weighted by Crippen LogP contribution is 2.33. The van der Waals surface area contributed by atoms with Crippen molar-refractivity contribution < 1.29 is 4.92 Å². The molecule has 1 aliphatic carbocycles. The quantitative estimate of drug-likeness (QED) is 0.662. The maximum atomic E-state index is 11.0. The van der Waals surface area contributed by atoms with Crippen LogP contribution in [0.3, 0.4) is 0 Å². The lowest BCUT2D eigenvalue weighted by Gasteiger charge is -2.14. The summed E-state index contributed by atoms with van der Waals surface area (Å²) in [6.45, 7) is 4.01. The van der Waals surface area contributed by atoms with Crippen molar-refractivity contribution >= 4 is 23.3 Å². The number of pyridine rings is 1. The predicted molar refractivity (Wildman–Crippen MR) is 78.8 cm³/mol. The van der Waals surface area contributed by atoms with Crippen LogP contribution in [0.15, 0.2) is 12.1 Å². The van der Waals surface area contributed by atoms with Crippen molar-refractivity contribution in [2.75, 3.05) is 11.1 Å². The third-order valence-corrected chi connectivity index (χ3v) is 4.57. The van der Waals surface area contributed by atoms with Gasteiger partial charge in [-0.3, -0.25) is 10.1 Å². The van der Waals surface area contributed by atoms with Gasteiger partial charge >= 0.3 is 5.69 Å². The number of aromatic nitrogens is 1. The molecule has 0 radical (unpaired) electrons. The molecule has 1 saturated carbocycles. The van der Waals surface area contributed by atoms with E-state index < -0.39 is 0 Å². The van der Waals surface area contributed by atoms with Crippen molar-refractivity contribution in [3.63, 3.8) is 0 Å². The zero-order chi connectivity index (χ0) is 13.8. The number of hydrogen-bond donors (Lipinski definition) is 1. The van der Waals surface area contributed by atoms with Crippen LogP contribution in [0.1, 0.15) is 31.9 Å². The lowest BCUT2D eigenvalue weighted by atomic mass is 10.2. The number of thioether (sulfide) groups is 1. The van der Waals surface area contributed by atoms with Gasteiger partial charge in [-0.15, -0.1) is 0 Å². The Kier molecular flexibility index (Phi) is 4.63. The first-order valence-corrected chi connectivity index (χ1v) is 7.65. The maximum Gasteiger partial charge on any atom is 0.311 e. The van der Waals surface area contributed by atoms with Crippen LogP contribution in [0.4, 0.5) is 11.5 Å². The second kappa shape index (κ2) is 6.23. The van der Waals surface area contributed by atoms with E-state index in [0.717, 1.165) is 24.3 Å². The summed E-state index contributed by atoms with van der Waals surface area (Å²) >= 11 is 1.97. The van der Waals surface area contributed by atoms with E-state index in [0.29, 0.717) is 17.1 Å². The maximum absolute atomic E-state index is 11.0. The molecule has 6 heteroatoms. The van der Waals surface area contributed by atoms with Crippen LogP contribution in [0.2, 0.25) is 0 Å². The topological polar surface area (TPSA) is 68.1 Å². The zero-order valence-electron chi connectivity index (χ0n) is 11.3. The summed E-state index contributed by atoms with van der Waals surface area (Å²) in [6.07, 6.45) is 3.30. The molecule has 5 nitrogen and oxygen atoms in total. The van der Waals surface area contributed by atoms with Crippen molar-refractivity contribution in [1.82, 2.24) is 4.98 Å². The van der Waals surface area contributed by atoms with Crippen LogP contribution in [0.25, 0.3) is 0 Å². The van der Waals surface area contributed by atoms with Gasteiger partial charge in [0.2, 0.25) is 5.82 Å². The lowest BCUT2D eigenvalue weighted by molar-refractivity contribution is -0.384. The van der Waals surface area contributed by atoms with E-state index in [-0.39, 0.29) is 10.6 Å². The Morgan fingerprint density at radius 2 is 2.32 bits per heavy atom. The van der Waals surface area contributed by atoms with Gasteiger partial charge in [-0.05, 0) is 38.0 Å². The van der Waals surface area contributed by atoms with Crippen molar-refractivity contribution in [2.24, 2.45) is 0 Å². The molecule has 0 aliphatic heterocycles. The fourth-order valence-corrected chi connectivity index (χ4v) is 3.60. The predicted octanol–water partition coefficient (Wildman–Crippen LogP) is 3.38. The van der Waals surface area contributed by atoms with Crippen molar-refractivity contribution in [2.45, 2.75) is 44.4 Å². The van der Waals surface area contributed by atoms with Crippen molar-refractivity contribution in [1.29, 1.82) is 0 Å². The standard InChI is InChI=1S/C13H19N3O2S/c1-3-19-11-6-5-10(8-11)15-13-12(16(17)18)7-4-9(2)14-13/h4,7,10-11H,3,5-6,8H2,1-2H3,(H,14,15). The number of nitro groups is 1. The van der Waals surface area contributed by atoms with E-state index >= 15 is 0 Å². The van der Waals surface area contributed by atoms with Crippen LogP contribution in [-0.4, -0.2) is 27.0 Å². The van der Waals surface area contributed by atoms with Gasteiger partial charge in [0, 0.05) is 23.1 Å². The third kappa shape index (κ3) is 3.59. The molecule has 0 aromatic carbocycles. The molecule has 2 atom stereocenters. The zero-order valence-corrected chi connectivity index (χ0v) is 12.1. The van der Waals surface area contributed by atoms with Gasteiger partial charge in [-0.2, -0.15) is 11.8 Å². The molecule has 1 fully saturated rings. The number of aryl methyl sites for hydroxylation is 1. The normalized spacial score (nSPS) is 22.4. The van der Waals surface area contributed by atoms with Crippen LogP contribution >= 0.6 is 11.8 Å². The summed E-state index contributed by atoms with van der Waals surface area (Å²) < 4.78 is 0. The molecule has 1 N–H and O–H groups in total. The van der Waals surface area contributed by atoms with Gasteiger partial charge in [0.25, 0.3) is 0 Å². The molecule has 19 heavy (non-hydrogen) atoms. The first-order chi connectivity index (χ1) is 9.10. The molecule has 1 aromatic heterocycles. The van der Waals surface area contributed by atoms with Crippen LogP contribution in [0, 0.1) is 17.0 Å². The molecule has 0 spiro atoms. The molecule has 1 aromatic rings. The van der Waals surface area contributed by atoms with Crippen LogP contribution in [0.5, 0.6) is 0 Å². The summed E-state index contributed by atoms with van der Waals surface area (Å²) in [6, 6.07) is 3.50. The molecule has 104 valence electrons. The van der Waals surface area contributed by atoms with E-state index in [1.54, 1.807) is 6.07 Å². The summed E-state index contributed by atoms with van der Waals surface area (Å²) in [5, 5.41) is 14.9. The Bertz CT molecular complexity index is 467. The molecule has 1 heterocycles. The molecule has 2 unspecified atom stereocenters. The Hall–Kier alpha value is -1.30. The molecule has 0 bridgehead atoms. The highest BCUT2D eigenvalue weighted by Gasteiger charge is 2.27. The van der Waals surface area contributed by atoms with Gasteiger partial charge < -0.3 is 5.32 Å². The smallest absolute Gasteiger partial charge is 0.311 e. The minimum absolute atomic E-state index is 0.0668. The van der Waals surface area contributed by atoms with Gasteiger partial charge in [-0.25, -0.2) is 4.98 Å². The summed E-state index contributed by atoms with van der Waals surface area (Å²) in [4.78, 5) is 14.9. The van der Waals surface area contributed by atoms with E-state index in [4.69, 9.17) is 0 Å². The SMILES string of the molecule is CCSC1CCC(Nc2nc(C)ccc2[N+](=O)[O-])C1. The van der Waals surface area contributed by atoms with Crippen LogP contribution in [-0.2, 0) is 0 Å². The summed E-state index contributed by atoms with van der Waals surface area (Å²) in [5.41, 5.74) is 0.864. The molecular formula is C13H19N3O2S. The highest BCUT2D eigenvalue weighted by atomic mass is 32.2. The van der Waals surface area contributed by atoms with Gasteiger partial charge in [0.15, 0.2) is 0 Å². The molecule has 2 rings (SSSR count). The molecule has 0 amide bonds. The van der Waals surface area contributed by atoms with Gasteiger partial charge in [-0.1, -0.05) is 6.92 Å². The molecular weight excluding hydrogens is 262 g/mol. The van der Waals surface area contributed by atoms with E-state index in [1.165, 1.54) is 12.5 Å². The van der Waals surface area contributed by atoms with Crippen molar-refractivity contribution in [3.05, 3.63) is 27.9 Å². The van der Waals surface area contributed by atoms with Gasteiger partial charge in [0.1, 0.15) is 0 Å². The third-order valence-electron chi connectivity index (χ3n) is 3.34. The lowest BCUT2D eigenvalue weighted by Crippen LogP contribution is -2.18. The Morgan fingerprint density at radius 1 is 1.53 bits per heavy atom. The van der Waals surface area contributed by atoms with Gasteiger partial charge in [0.05, 0.1) is 4.92 Å². The van der Waals surface area contributed by atoms with E-state index in [9.17, 15) is 10.1 Å². The largest absolute Gasteiger partial charge is 0.362 e. The number of hydrogen-bond acceptors (Lipinski definition) is 5. The number of rotatable bonds is 5. The monoisotopic (exact) mass is 281 g/mol. The fourth-order valence-electron chi connectivity index (χ4n) is 2.45. The molecule has 0 saturated heterocycles. The molecule has 1 aliphatic rings. The fraction of sp³-hybridized carbons (Fsp3) is 0.615. The van der Waals surface area contributed by atoms with E-state index in [2.05, 4.69) is 17.2 Å². The average Bonchev–Trinajstić information content (AvgIpc) is 2.77. The first kappa shape index (κ1) is 14.1. The Morgan fingerprint density at radius 3 is 3.00 bits per heavy atom. The highest BCUT2D eigenvalue weighted by molar-refractivity contribution is 7.99. The van der Waals surface area contributed by atoms with Crippen LogP contribution < -0.4 is 5.32 Å². The first-order valence-electron chi connectivity index (χ1n) is 6.60. The average molecular weight is 281 g/mol. The second-order valence-electron chi connectivity index (χ2n) is 4.81. The number of nitrogens with zero attached hydrogens (tertiary/aromatic N) is 2. The summed E-state index contributed by atoms with van der Waals surface area (Å²) in [7, 11) is 0. The number of nitrogens with one attached hydrogen (secondary N) is 1.